The molecule has 0 aliphatic carbocycles. The van der Waals surface area contributed by atoms with Gasteiger partial charge in [-0.2, -0.15) is 0 Å². The molecule has 2 N–H and O–H groups in total. The number of hydrogen-bond acceptors (Lipinski definition) is 3. The number of benzene rings is 1. The van der Waals surface area contributed by atoms with Crippen LogP contribution >= 0.6 is 0 Å². The molecule has 19 heavy (non-hydrogen) atoms. The van der Waals surface area contributed by atoms with Crippen molar-refractivity contribution in [1.82, 2.24) is 10.6 Å². The molecule has 0 aliphatic heterocycles. The quantitative estimate of drug-likeness (QED) is 0.753. The van der Waals surface area contributed by atoms with Crippen LogP contribution in [-0.4, -0.2) is 25.1 Å². The minimum Gasteiger partial charge on any atom is -0.377 e. The molecule has 0 radical (unpaired) electrons. The van der Waals surface area contributed by atoms with Crippen molar-refractivity contribution in [2.24, 2.45) is 0 Å². The van der Waals surface area contributed by atoms with Gasteiger partial charge in [0.1, 0.15) is 0 Å². The van der Waals surface area contributed by atoms with Crippen LogP contribution in [0.1, 0.15) is 31.9 Å². The third-order valence-electron chi connectivity index (χ3n) is 2.73. The lowest BCUT2D eigenvalue weighted by molar-refractivity contribution is -0.120. The highest BCUT2D eigenvalue weighted by molar-refractivity contribution is 5.78. The van der Waals surface area contributed by atoms with E-state index in [2.05, 4.69) is 10.6 Å². The second kappa shape index (κ2) is 8.67. The smallest absolute Gasteiger partial charge is 0.234 e. The predicted octanol–water partition coefficient (Wildman–Crippen LogP) is 1.84. The van der Waals surface area contributed by atoms with Crippen LogP contribution in [0.2, 0.25) is 0 Å². The Morgan fingerprint density at radius 2 is 1.95 bits per heavy atom. The maximum absolute atomic E-state index is 11.6. The summed E-state index contributed by atoms with van der Waals surface area (Å²) in [5.41, 5.74) is 2.23. The van der Waals surface area contributed by atoms with Gasteiger partial charge >= 0.3 is 0 Å². The van der Waals surface area contributed by atoms with E-state index in [4.69, 9.17) is 4.74 Å². The van der Waals surface area contributed by atoms with E-state index in [-0.39, 0.29) is 5.91 Å². The van der Waals surface area contributed by atoms with Crippen LogP contribution in [0.15, 0.2) is 24.3 Å². The monoisotopic (exact) mass is 264 g/mol. The molecular weight excluding hydrogens is 240 g/mol. The summed E-state index contributed by atoms with van der Waals surface area (Å²) in [6, 6.07) is 8.33. The fraction of sp³-hybridized carbons (Fsp3) is 0.533. The molecule has 4 heteroatoms. The Labute approximate surface area is 115 Å². The SMILES string of the molecule is CCOCc1ccccc1CNC(=O)CNC(C)C. The molecule has 0 bridgehead atoms. The maximum atomic E-state index is 11.6. The Hall–Kier alpha value is -1.39. The van der Waals surface area contributed by atoms with E-state index in [0.29, 0.717) is 32.3 Å². The third kappa shape index (κ3) is 6.36. The van der Waals surface area contributed by atoms with Gasteiger partial charge in [0.25, 0.3) is 0 Å². The number of nitrogens with one attached hydrogen (secondary N) is 2. The molecule has 0 atom stereocenters. The Morgan fingerprint density at radius 1 is 1.26 bits per heavy atom. The first kappa shape index (κ1) is 15.7. The Bertz CT molecular complexity index is 391. The van der Waals surface area contributed by atoms with Gasteiger partial charge in [-0.25, -0.2) is 0 Å². The van der Waals surface area contributed by atoms with Crippen molar-refractivity contribution in [2.45, 2.75) is 40.0 Å². The topological polar surface area (TPSA) is 50.4 Å². The van der Waals surface area contributed by atoms with Crippen LogP contribution in [0.3, 0.4) is 0 Å². The molecular formula is C15H24N2O2. The minimum absolute atomic E-state index is 0.0138. The van der Waals surface area contributed by atoms with E-state index < -0.39 is 0 Å². The van der Waals surface area contributed by atoms with Crippen LogP contribution < -0.4 is 10.6 Å². The van der Waals surface area contributed by atoms with Gasteiger partial charge in [0.05, 0.1) is 13.2 Å². The fourth-order valence-corrected chi connectivity index (χ4v) is 1.64. The fourth-order valence-electron chi connectivity index (χ4n) is 1.64. The molecule has 0 unspecified atom stereocenters. The van der Waals surface area contributed by atoms with Crippen molar-refractivity contribution in [1.29, 1.82) is 0 Å². The highest BCUT2D eigenvalue weighted by Crippen LogP contribution is 2.09. The summed E-state index contributed by atoms with van der Waals surface area (Å²) >= 11 is 0. The zero-order valence-electron chi connectivity index (χ0n) is 12.0. The number of carbonyl (C=O) groups is 1. The zero-order chi connectivity index (χ0) is 14.1. The van der Waals surface area contributed by atoms with Crippen LogP contribution in [0.4, 0.5) is 0 Å². The van der Waals surface area contributed by atoms with Gasteiger partial charge in [0, 0.05) is 19.2 Å². The summed E-state index contributed by atoms with van der Waals surface area (Å²) < 4.78 is 5.42. The van der Waals surface area contributed by atoms with Crippen LogP contribution in [0.5, 0.6) is 0 Å². The van der Waals surface area contributed by atoms with Crippen molar-refractivity contribution in [3.63, 3.8) is 0 Å². The van der Waals surface area contributed by atoms with Crippen molar-refractivity contribution in [3.8, 4) is 0 Å². The number of hydrogen-bond donors (Lipinski definition) is 2. The van der Waals surface area contributed by atoms with Crippen molar-refractivity contribution >= 4 is 5.91 Å². The average molecular weight is 264 g/mol. The average Bonchev–Trinajstić information content (AvgIpc) is 2.41. The molecule has 1 aromatic carbocycles. The lowest BCUT2D eigenvalue weighted by Gasteiger charge is -2.12. The predicted molar refractivity (Wildman–Crippen MR) is 76.8 cm³/mol. The van der Waals surface area contributed by atoms with Crippen LogP contribution in [0, 0.1) is 0 Å². The molecule has 4 nitrogen and oxygen atoms in total. The van der Waals surface area contributed by atoms with Gasteiger partial charge in [0.2, 0.25) is 5.91 Å². The van der Waals surface area contributed by atoms with Gasteiger partial charge in [-0.15, -0.1) is 0 Å². The molecule has 0 heterocycles. The normalized spacial score (nSPS) is 10.7. The van der Waals surface area contributed by atoms with E-state index in [1.807, 2.05) is 45.0 Å². The molecule has 1 rings (SSSR count). The molecule has 106 valence electrons. The number of carbonyl (C=O) groups excluding carboxylic acids is 1. The molecule has 0 saturated carbocycles. The third-order valence-corrected chi connectivity index (χ3v) is 2.73. The molecule has 1 amide bonds. The van der Waals surface area contributed by atoms with Gasteiger partial charge in [-0.1, -0.05) is 38.1 Å². The first-order valence-electron chi connectivity index (χ1n) is 6.78. The van der Waals surface area contributed by atoms with Crippen LogP contribution in [-0.2, 0) is 22.7 Å². The first-order chi connectivity index (χ1) is 9.13. The largest absolute Gasteiger partial charge is 0.377 e. The van der Waals surface area contributed by atoms with Crippen molar-refractivity contribution in [2.75, 3.05) is 13.2 Å². The molecule has 1 aromatic rings. The molecule has 0 fully saturated rings. The van der Waals surface area contributed by atoms with Crippen molar-refractivity contribution in [3.05, 3.63) is 35.4 Å². The summed E-state index contributed by atoms with van der Waals surface area (Å²) in [6.45, 7) is 8.19. The summed E-state index contributed by atoms with van der Waals surface area (Å²) in [7, 11) is 0. The highest BCUT2D eigenvalue weighted by Gasteiger charge is 2.05. The summed E-state index contributed by atoms with van der Waals surface area (Å²) in [5, 5.41) is 6.01. The van der Waals surface area contributed by atoms with Gasteiger partial charge in [-0.3, -0.25) is 4.79 Å². The number of rotatable bonds is 8. The van der Waals surface area contributed by atoms with Gasteiger partial charge in [0.15, 0.2) is 0 Å². The summed E-state index contributed by atoms with van der Waals surface area (Å²) in [5.74, 6) is 0.0138. The lowest BCUT2D eigenvalue weighted by Crippen LogP contribution is -2.36. The second-order valence-corrected chi connectivity index (χ2v) is 4.72. The first-order valence-corrected chi connectivity index (χ1v) is 6.78. The highest BCUT2D eigenvalue weighted by atomic mass is 16.5. The Morgan fingerprint density at radius 3 is 2.58 bits per heavy atom. The van der Waals surface area contributed by atoms with Crippen LogP contribution in [0.25, 0.3) is 0 Å². The Kier molecular flexibility index (Phi) is 7.15. The summed E-state index contributed by atoms with van der Waals surface area (Å²) in [4.78, 5) is 11.6. The number of amides is 1. The second-order valence-electron chi connectivity index (χ2n) is 4.72. The van der Waals surface area contributed by atoms with Crippen molar-refractivity contribution < 1.29 is 9.53 Å². The van der Waals surface area contributed by atoms with Gasteiger partial charge < -0.3 is 15.4 Å². The van der Waals surface area contributed by atoms with E-state index in [0.717, 1.165) is 11.1 Å². The van der Waals surface area contributed by atoms with Gasteiger partial charge in [-0.05, 0) is 18.1 Å². The standard InChI is InChI=1S/C15H24N2O2/c1-4-19-11-14-8-6-5-7-13(14)9-17-15(18)10-16-12(2)3/h5-8,12,16H,4,9-11H2,1-3H3,(H,17,18). The zero-order valence-corrected chi connectivity index (χ0v) is 12.0. The summed E-state index contributed by atoms with van der Waals surface area (Å²) in [6.07, 6.45) is 0. The van der Waals surface area contributed by atoms with E-state index >= 15 is 0 Å². The van der Waals surface area contributed by atoms with E-state index in [1.54, 1.807) is 0 Å². The Balaban J connectivity index is 2.45. The van der Waals surface area contributed by atoms with E-state index in [1.165, 1.54) is 0 Å². The molecule has 0 spiro atoms. The molecule has 0 aliphatic rings. The van der Waals surface area contributed by atoms with E-state index in [9.17, 15) is 4.79 Å². The molecule has 0 saturated heterocycles. The number of ether oxygens (including phenoxy) is 1. The lowest BCUT2D eigenvalue weighted by atomic mass is 10.1. The molecule has 0 aromatic heterocycles. The minimum atomic E-state index is 0.0138. The maximum Gasteiger partial charge on any atom is 0.234 e.